The van der Waals surface area contributed by atoms with Crippen LogP contribution in [-0.4, -0.2) is 18.9 Å². The highest BCUT2D eigenvalue weighted by molar-refractivity contribution is 6.05. The second kappa shape index (κ2) is 5.70. The average molecular weight is 268 g/mol. The number of carbonyl (C=O) groups is 2. The fourth-order valence-electron chi connectivity index (χ4n) is 2.19. The molecule has 0 N–H and O–H groups in total. The summed E-state index contributed by atoms with van der Waals surface area (Å²) < 4.78 is 4.81. The van der Waals surface area contributed by atoms with Crippen LogP contribution < -0.4 is 0 Å². The van der Waals surface area contributed by atoms with Gasteiger partial charge in [-0.3, -0.25) is 4.79 Å². The minimum atomic E-state index is -0.404. The lowest BCUT2D eigenvalue weighted by molar-refractivity contribution is 0.0601. The van der Waals surface area contributed by atoms with Gasteiger partial charge in [-0.1, -0.05) is 42.0 Å². The molecule has 2 rings (SSSR count). The average Bonchev–Trinajstić information content (AvgIpc) is 2.46. The number of rotatable bonds is 3. The van der Waals surface area contributed by atoms with Gasteiger partial charge in [0.15, 0.2) is 5.78 Å². The van der Waals surface area contributed by atoms with Crippen molar-refractivity contribution in [3.05, 3.63) is 59.2 Å². The minimum Gasteiger partial charge on any atom is -0.465 e. The van der Waals surface area contributed by atoms with Crippen molar-refractivity contribution in [2.75, 3.05) is 7.11 Å². The lowest BCUT2D eigenvalue weighted by Crippen LogP contribution is -2.05. The Labute approximate surface area is 118 Å². The van der Waals surface area contributed by atoms with E-state index in [9.17, 15) is 9.59 Å². The summed E-state index contributed by atoms with van der Waals surface area (Å²) in [5.41, 5.74) is 3.56. The molecule has 0 spiro atoms. The van der Waals surface area contributed by atoms with Crippen LogP contribution in [0.5, 0.6) is 0 Å². The molecule has 0 aliphatic rings. The van der Waals surface area contributed by atoms with Crippen molar-refractivity contribution in [1.29, 1.82) is 0 Å². The summed E-state index contributed by atoms with van der Waals surface area (Å²) in [5.74, 6) is -0.434. The molecular formula is C17H16O3. The maximum absolute atomic E-state index is 11.9. The molecule has 0 bridgehead atoms. The van der Waals surface area contributed by atoms with Gasteiger partial charge in [-0.05, 0) is 31.0 Å². The number of aryl methyl sites for hydroxylation is 1. The quantitative estimate of drug-likeness (QED) is 0.630. The van der Waals surface area contributed by atoms with Gasteiger partial charge >= 0.3 is 5.97 Å². The van der Waals surface area contributed by atoms with E-state index in [1.807, 2.05) is 37.3 Å². The van der Waals surface area contributed by atoms with Gasteiger partial charge in [0.2, 0.25) is 0 Å². The van der Waals surface area contributed by atoms with Crippen LogP contribution in [0.1, 0.15) is 33.2 Å². The molecule has 3 heteroatoms. The van der Waals surface area contributed by atoms with E-state index >= 15 is 0 Å². The number of methoxy groups -OCH3 is 1. The second-order valence-electron chi connectivity index (χ2n) is 4.64. The van der Waals surface area contributed by atoms with E-state index < -0.39 is 5.97 Å². The minimum absolute atomic E-state index is 0.0297. The largest absolute Gasteiger partial charge is 0.465 e. The number of ether oxygens (including phenoxy) is 1. The highest BCUT2D eigenvalue weighted by atomic mass is 16.5. The molecule has 0 unspecified atom stereocenters. The Balaban J connectivity index is 2.72. The van der Waals surface area contributed by atoms with Gasteiger partial charge < -0.3 is 4.74 Å². The number of hydrogen-bond donors (Lipinski definition) is 0. The zero-order chi connectivity index (χ0) is 14.7. The normalized spacial score (nSPS) is 10.2. The summed E-state index contributed by atoms with van der Waals surface area (Å²) in [6, 6.07) is 12.8. The molecule has 3 nitrogen and oxygen atoms in total. The Morgan fingerprint density at radius 1 is 0.950 bits per heavy atom. The molecule has 102 valence electrons. The maximum atomic E-state index is 11.9. The van der Waals surface area contributed by atoms with E-state index in [0.717, 1.165) is 16.7 Å². The zero-order valence-corrected chi connectivity index (χ0v) is 11.8. The van der Waals surface area contributed by atoms with Crippen LogP contribution in [0.2, 0.25) is 0 Å². The molecule has 0 aliphatic heterocycles. The molecule has 0 saturated heterocycles. The van der Waals surface area contributed by atoms with Crippen molar-refractivity contribution in [2.45, 2.75) is 13.8 Å². The standard InChI is InChI=1S/C17H16O3/c1-11-8-9-15(17(19)20-3)16(10-11)14-7-5-4-6-13(14)12(2)18/h4-10H,1-3H3. The summed E-state index contributed by atoms with van der Waals surface area (Å²) in [7, 11) is 1.35. The molecule has 20 heavy (non-hydrogen) atoms. The Bertz CT molecular complexity index is 672. The fraction of sp³-hybridized carbons (Fsp3) is 0.176. The highest BCUT2D eigenvalue weighted by Gasteiger charge is 2.17. The van der Waals surface area contributed by atoms with Crippen LogP contribution >= 0.6 is 0 Å². The highest BCUT2D eigenvalue weighted by Crippen LogP contribution is 2.29. The molecular weight excluding hydrogens is 252 g/mol. The number of ketones is 1. The Morgan fingerprint density at radius 2 is 1.65 bits per heavy atom. The van der Waals surface area contributed by atoms with Crippen molar-refractivity contribution in [2.24, 2.45) is 0 Å². The van der Waals surface area contributed by atoms with Crippen molar-refractivity contribution < 1.29 is 14.3 Å². The number of esters is 1. The Morgan fingerprint density at radius 3 is 2.30 bits per heavy atom. The second-order valence-corrected chi connectivity index (χ2v) is 4.64. The van der Waals surface area contributed by atoms with Gasteiger partial charge in [-0.15, -0.1) is 0 Å². The van der Waals surface area contributed by atoms with E-state index in [4.69, 9.17) is 4.74 Å². The summed E-state index contributed by atoms with van der Waals surface area (Å²) in [5, 5.41) is 0. The summed E-state index contributed by atoms with van der Waals surface area (Å²) >= 11 is 0. The first-order chi connectivity index (χ1) is 9.54. The predicted octanol–water partition coefficient (Wildman–Crippen LogP) is 3.65. The topological polar surface area (TPSA) is 43.4 Å². The van der Waals surface area contributed by atoms with E-state index in [1.165, 1.54) is 14.0 Å². The molecule has 0 aliphatic carbocycles. The lowest BCUT2D eigenvalue weighted by Gasteiger charge is -2.12. The van der Waals surface area contributed by atoms with Gasteiger partial charge in [0.05, 0.1) is 12.7 Å². The SMILES string of the molecule is COC(=O)c1ccc(C)cc1-c1ccccc1C(C)=O. The van der Waals surface area contributed by atoms with E-state index in [-0.39, 0.29) is 5.78 Å². The summed E-state index contributed by atoms with van der Waals surface area (Å²) in [4.78, 5) is 23.7. The van der Waals surface area contributed by atoms with Gasteiger partial charge in [0.25, 0.3) is 0 Å². The van der Waals surface area contributed by atoms with Crippen LogP contribution in [0, 0.1) is 6.92 Å². The Hall–Kier alpha value is -2.42. The van der Waals surface area contributed by atoms with Crippen LogP contribution in [0.15, 0.2) is 42.5 Å². The number of Topliss-reactive ketones (excluding diaryl/α,β-unsaturated/α-hetero) is 1. The van der Waals surface area contributed by atoms with Crippen molar-refractivity contribution >= 4 is 11.8 Å². The third-order valence-electron chi connectivity index (χ3n) is 3.18. The molecule has 2 aromatic rings. The van der Waals surface area contributed by atoms with Crippen LogP contribution in [0.3, 0.4) is 0 Å². The molecule has 0 radical (unpaired) electrons. The third kappa shape index (κ3) is 2.62. The van der Waals surface area contributed by atoms with Crippen LogP contribution in [0.25, 0.3) is 11.1 Å². The van der Waals surface area contributed by atoms with Gasteiger partial charge in [0.1, 0.15) is 0 Å². The van der Waals surface area contributed by atoms with Crippen LogP contribution in [-0.2, 0) is 4.74 Å². The molecule has 0 aromatic heterocycles. The fourth-order valence-corrected chi connectivity index (χ4v) is 2.19. The number of benzene rings is 2. The van der Waals surface area contributed by atoms with Crippen molar-refractivity contribution in [3.63, 3.8) is 0 Å². The van der Waals surface area contributed by atoms with Gasteiger partial charge in [-0.25, -0.2) is 4.79 Å². The first kappa shape index (κ1) is 14.0. The molecule has 0 saturated carbocycles. The first-order valence-electron chi connectivity index (χ1n) is 6.34. The Kier molecular flexibility index (Phi) is 3.99. The lowest BCUT2D eigenvalue weighted by atomic mass is 9.92. The van der Waals surface area contributed by atoms with E-state index in [1.54, 1.807) is 12.1 Å². The molecule has 0 fully saturated rings. The smallest absolute Gasteiger partial charge is 0.338 e. The van der Waals surface area contributed by atoms with E-state index in [2.05, 4.69) is 0 Å². The predicted molar refractivity (Wildman–Crippen MR) is 78.0 cm³/mol. The summed E-state index contributed by atoms with van der Waals surface area (Å²) in [6.45, 7) is 3.47. The van der Waals surface area contributed by atoms with Crippen molar-refractivity contribution in [3.8, 4) is 11.1 Å². The molecule has 0 heterocycles. The molecule has 2 aromatic carbocycles. The maximum Gasteiger partial charge on any atom is 0.338 e. The summed E-state index contributed by atoms with van der Waals surface area (Å²) in [6.07, 6.45) is 0. The molecule has 0 amide bonds. The monoisotopic (exact) mass is 268 g/mol. The zero-order valence-electron chi connectivity index (χ0n) is 11.8. The van der Waals surface area contributed by atoms with Crippen LogP contribution in [0.4, 0.5) is 0 Å². The van der Waals surface area contributed by atoms with E-state index in [0.29, 0.717) is 11.1 Å². The molecule has 0 atom stereocenters. The van der Waals surface area contributed by atoms with Gasteiger partial charge in [-0.2, -0.15) is 0 Å². The number of hydrogen-bond acceptors (Lipinski definition) is 3. The van der Waals surface area contributed by atoms with Gasteiger partial charge in [0, 0.05) is 5.56 Å². The number of carbonyl (C=O) groups excluding carboxylic acids is 2. The first-order valence-corrected chi connectivity index (χ1v) is 6.34. The van der Waals surface area contributed by atoms with Crippen molar-refractivity contribution in [1.82, 2.24) is 0 Å². The third-order valence-corrected chi connectivity index (χ3v) is 3.18.